The summed E-state index contributed by atoms with van der Waals surface area (Å²) in [7, 11) is 0. The van der Waals surface area contributed by atoms with Crippen LogP contribution in [0.15, 0.2) is 5.10 Å². The van der Waals surface area contributed by atoms with Gasteiger partial charge in [0.1, 0.15) is 5.84 Å². The normalized spacial score (nSPS) is 15.9. The van der Waals surface area contributed by atoms with E-state index in [1.54, 1.807) is 4.68 Å². The van der Waals surface area contributed by atoms with Gasteiger partial charge in [-0.1, -0.05) is 0 Å². The van der Waals surface area contributed by atoms with Crippen LogP contribution in [0.2, 0.25) is 0 Å². The van der Waals surface area contributed by atoms with E-state index in [0.29, 0.717) is 5.84 Å². The molecule has 2 heterocycles. The fraction of sp³-hybridized carbons (Fsp3) is 0.500. The Balaban J connectivity index is 2.55. The molecule has 11 heavy (non-hydrogen) atoms. The summed E-state index contributed by atoms with van der Waals surface area (Å²) in [6, 6.07) is 0. The number of hydrogen-bond acceptors (Lipinski definition) is 4. The van der Waals surface area contributed by atoms with Crippen LogP contribution in [0, 0.1) is 6.92 Å². The van der Waals surface area contributed by atoms with Crippen molar-refractivity contribution in [2.75, 3.05) is 0 Å². The minimum Gasteiger partial charge on any atom is -0.386 e. The van der Waals surface area contributed by atoms with Gasteiger partial charge in [0.15, 0.2) is 11.6 Å². The van der Waals surface area contributed by atoms with Crippen LogP contribution in [0.1, 0.15) is 18.1 Å². The van der Waals surface area contributed by atoms with Crippen molar-refractivity contribution in [2.45, 2.75) is 19.8 Å². The Morgan fingerprint density at radius 3 is 3.00 bits per heavy atom. The van der Waals surface area contributed by atoms with Gasteiger partial charge in [-0.15, -0.1) is 10.2 Å². The van der Waals surface area contributed by atoms with Crippen molar-refractivity contribution in [2.24, 2.45) is 10.8 Å². The van der Waals surface area contributed by atoms with E-state index < -0.39 is 0 Å². The molecule has 0 saturated heterocycles. The number of rotatable bonds is 0. The van der Waals surface area contributed by atoms with Crippen LogP contribution in [0.5, 0.6) is 0 Å². The molecule has 5 nitrogen and oxygen atoms in total. The summed E-state index contributed by atoms with van der Waals surface area (Å²) >= 11 is 0. The predicted octanol–water partition coefficient (Wildman–Crippen LogP) is -0.347. The topological polar surface area (TPSA) is 69.1 Å². The molecule has 1 aliphatic heterocycles. The van der Waals surface area contributed by atoms with Gasteiger partial charge in [0.2, 0.25) is 0 Å². The number of aromatic nitrogens is 3. The van der Waals surface area contributed by atoms with Crippen LogP contribution in [-0.2, 0) is 6.42 Å². The molecule has 1 aromatic rings. The first-order valence-electron chi connectivity index (χ1n) is 3.51. The second kappa shape index (κ2) is 2.05. The van der Waals surface area contributed by atoms with Gasteiger partial charge in [-0.25, -0.2) is 0 Å². The van der Waals surface area contributed by atoms with E-state index in [-0.39, 0.29) is 0 Å². The van der Waals surface area contributed by atoms with Gasteiger partial charge < -0.3 is 5.73 Å². The number of nitrogens with zero attached hydrogens (tertiary/aromatic N) is 4. The second-order valence-electron chi connectivity index (χ2n) is 2.57. The molecule has 0 bridgehead atoms. The Kier molecular flexibility index (Phi) is 1.18. The number of aryl methyl sites for hydroxylation is 2. The Bertz CT molecular complexity index is 311. The van der Waals surface area contributed by atoms with E-state index in [1.165, 1.54) is 0 Å². The summed E-state index contributed by atoms with van der Waals surface area (Å²) in [4.78, 5) is 0. The van der Waals surface area contributed by atoms with Gasteiger partial charge >= 0.3 is 0 Å². The maximum absolute atomic E-state index is 5.55. The maximum atomic E-state index is 5.55. The lowest BCUT2D eigenvalue weighted by Gasteiger charge is -2.08. The minimum atomic E-state index is 0.653. The van der Waals surface area contributed by atoms with Crippen LogP contribution in [0.25, 0.3) is 0 Å². The molecule has 1 aromatic heterocycles. The van der Waals surface area contributed by atoms with Crippen LogP contribution in [0.3, 0.4) is 0 Å². The van der Waals surface area contributed by atoms with E-state index in [4.69, 9.17) is 5.73 Å². The third-order valence-corrected chi connectivity index (χ3v) is 1.69. The molecular weight excluding hydrogens is 142 g/mol. The Morgan fingerprint density at radius 2 is 2.18 bits per heavy atom. The van der Waals surface area contributed by atoms with Crippen molar-refractivity contribution in [1.82, 2.24) is 14.9 Å². The smallest absolute Gasteiger partial charge is 0.155 e. The molecular formula is C6H9N5. The zero-order valence-corrected chi connectivity index (χ0v) is 6.28. The molecule has 1 aliphatic rings. The van der Waals surface area contributed by atoms with Crippen LogP contribution in [0.4, 0.5) is 0 Å². The minimum absolute atomic E-state index is 0.653. The number of fused-ring (bicyclic) bond motifs is 1. The molecule has 0 spiro atoms. The standard InChI is InChI=1S/C6H9N5/c1-4-8-9-6-3-2-5(7)10-11(4)6/h2-3H2,1H3,(H2,7,10). The van der Waals surface area contributed by atoms with Crippen molar-refractivity contribution < 1.29 is 0 Å². The third kappa shape index (κ3) is 0.886. The van der Waals surface area contributed by atoms with Gasteiger partial charge in [-0.3, -0.25) is 0 Å². The van der Waals surface area contributed by atoms with Crippen molar-refractivity contribution in [3.05, 3.63) is 11.6 Å². The highest BCUT2D eigenvalue weighted by atomic mass is 15.5. The van der Waals surface area contributed by atoms with Crippen molar-refractivity contribution in [3.8, 4) is 0 Å². The summed E-state index contributed by atoms with van der Waals surface area (Å²) in [5.41, 5.74) is 5.55. The first-order chi connectivity index (χ1) is 5.27. The van der Waals surface area contributed by atoms with Crippen molar-refractivity contribution in [3.63, 3.8) is 0 Å². The lowest BCUT2D eigenvalue weighted by Crippen LogP contribution is -2.20. The average molecular weight is 151 g/mol. The molecule has 0 radical (unpaired) electrons. The third-order valence-electron chi connectivity index (χ3n) is 1.69. The molecule has 2 rings (SSSR count). The predicted molar refractivity (Wildman–Crippen MR) is 40.1 cm³/mol. The molecule has 0 aliphatic carbocycles. The summed E-state index contributed by atoms with van der Waals surface area (Å²) < 4.78 is 1.69. The fourth-order valence-electron chi connectivity index (χ4n) is 1.11. The SMILES string of the molecule is Cc1nnc2n1N=C(N)CC2. The Morgan fingerprint density at radius 1 is 1.36 bits per heavy atom. The van der Waals surface area contributed by atoms with E-state index in [2.05, 4.69) is 15.3 Å². The zero-order valence-electron chi connectivity index (χ0n) is 6.28. The van der Waals surface area contributed by atoms with E-state index >= 15 is 0 Å². The lowest BCUT2D eigenvalue weighted by molar-refractivity contribution is 0.710. The summed E-state index contributed by atoms with van der Waals surface area (Å²) in [6.07, 6.45) is 1.63. The fourth-order valence-corrected chi connectivity index (χ4v) is 1.11. The van der Waals surface area contributed by atoms with E-state index in [1.807, 2.05) is 6.92 Å². The van der Waals surface area contributed by atoms with Crippen LogP contribution < -0.4 is 5.73 Å². The number of amidine groups is 1. The average Bonchev–Trinajstić information content (AvgIpc) is 2.33. The highest BCUT2D eigenvalue weighted by Crippen LogP contribution is 2.08. The van der Waals surface area contributed by atoms with E-state index in [0.717, 1.165) is 24.5 Å². The van der Waals surface area contributed by atoms with Gasteiger partial charge in [-0.2, -0.15) is 9.78 Å². The first-order valence-corrected chi connectivity index (χ1v) is 3.51. The highest BCUT2D eigenvalue weighted by molar-refractivity contribution is 5.80. The zero-order chi connectivity index (χ0) is 7.84. The molecule has 0 fully saturated rings. The summed E-state index contributed by atoms with van der Waals surface area (Å²) in [6.45, 7) is 1.86. The van der Waals surface area contributed by atoms with Crippen LogP contribution >= 0.6 is 0 Å². The number of nitrogens with two attached hydrogens (primary N) is 1. The summed E-state index contributed by atoms with van der Waals surface area (Å²) in [5, 5.41) is 11.9. The molecule has 2 N–H and O–H groups in total. The molecule has 0 amide bonds. The molecule has 5 heteroatoms. The van der Waals surface area contributed by atoms with Gasteiger partial charge in [0.25, 0.3) is 0 Å². The molecule has 58 valence electrons. The lowest BCUT2D eigenvalue weighted by atomic mass is 10.2. The van der Waals surface area contributed by atoms with E-state index in [9.17, 15) is 0 Å². The first kappa shape index (κ1) is 6.33. The maximum Gasteiger partial charge on any atom is 0.155 e. The monoisotopic (exact) mass is 151 g/mol. The quantitative estimate of drug-likeness (QED) is 0.551. The molecule has 0 aromatic carbocycles. The highest BCUT2D eigenvalue weighted by Gasteiger charge is 2.13. The van der Waals surface area contributed by atoms with Crippen molar-refractivity contribution in [1.29, 1.82) is 0 Å². The summed E-state index contributed by atoms with van der Waals surface area (Å²) in [5.74, 6) is 2.35. The molecule has 0 saturated carbocycles. The van der Waals surface area contributed by atoms with Crippen molar-refractivity contribution >= 4 is 5.84 Å². The van der Waals surface area contributed by atoms with Gasteiger partial charge in [0, 0.05) is 12.8 Å². The molecule has 0 unspecified atom stereocenters. The molecule has 0 atom stereocenters. The van der Waals surface area contributed by atoms with Gasteiger partial charge in [-0.05, 0) is 6.92 Å². The van der Waals surface area contributed by atoms with Gasteiger partial charge in [0.05, 0.1) is 0 Å². The van der Waals surface area contributed by atoms with Crippen LogP contribution in [-0.4, -0.2) is 20.7 Å². The largest absolute Gasteiger partial charge is 0.386 e. The number of hydrogen-bond donors (Lipinski definition) is 1. The Labute approximate surface area is 63.9 Å². The second-order valence-corrected chi connectivity index (χ2v) is 2.57. The Hall–Kier alpha value is -1.39.